The Morgan fingerprint density at radius 2 is 2.10 bits per heavy atom. The molecular formula is C15H14N2O3. The van der Waals surface area contributed by atoms with Crippen molar-refractivity contribution in [2.45, 2.75) is 13.2 Å². The van der Waals surface area contributed by atoms with Crippen LogP contribution in [-0.4, -0.2) is 18.0 Å². The van der Waals surface area contributed by atoms with Crippen molar-refractivity contribution in [2.75, 3.05) is 7.11 Å². The Balaban J connectivity index is 1.67. The summed E-state index contributed by atoms with van der Waals surface area (Å²) in [5, 5.41) is 2.78. The second kappa shape index (κ2) is 5.21. The third kappa shape index (κ3) is 2.42. The van der Waals surface area contributed by atoms with Gasteiger partial charge in [-0.1, -0.05) is 0 Å². The Bertz CT molecular complexity index is 638. The summed E-state index contributed by atoms with van der Waals surface area (Å²) >= 11 is 0. The minimum atomic E-state index is -0.0247. The van der Waals surface area contributed by atoms with E-state index in [-0.39, 0.29) is 5.91 Å². The summed E-state index contributed by atoms with van der Waals surface area (Å²) in [5.41, 5.74) is 2.51. The Hall–Kier alpha value is -2.56. The first-order valence-electron chi connectivity index (χ1n) is 6.29. The van der Waals surface area contributed by atoms with Gasteiger partial charge in [-0.25, -0.2) is 0 Å². The van der Waals surface area contributed by atoms with E-state index in [1.165, 1.54) is 0 Å². The number of hydrogen-bond acceptors (Lipinski definition) is 4. The lowest BCUT2D eigenvalue weighted by Gasteiger charge is -2.07. The van der Waals surface area contributed by atoms with E-state index in [0.717, 1.165) is 28.3 Å². The molecule has 5 heteroatoms. The van der Waals surface area contributed by atoms with Crippen LogP contribution in [0.5, 0.6) is 11.5 Å². The van der Waals surface area contributed by atoms with Gasteiger partial charge in [-0.2, -0.15) is 0 Å². The first-order valence-corrected chi connectivity index (χ1v) is 6.29. The minimum Gasteiger partial charge on any atom is -0.495 e. The predicted octanol–water partition coefficient (Wildman–Crippen LogP) is 1.91. The molecule has 0 saturated heterocycles. The fraction of sp³-hybridized carbons (Fsp3) is 0.200. The maximum absolute atomic E-state index is 11.4. The summed E-state index contributed by atoms with van der Waals surface area (Å²) in [6.45, 7) is 0.941. The monoisotopic (exact) mass is 270 g/mol. The molecule has 0 bridgehead atoms. The molecule has 0 radical (unpaired) electrons. The molecule has 5 nitrogen and oxygen atoms in total. The average molecular weight is 270 g/mol. The van der Waals surface area contributed by atoms with Crippen LogP contribution in [0.2, 0.25) is 0 Å². The maximum atomic E-state index is 11.4. The SMILES string of the molecule is COc1ccc(COc2ccc3c(c2)CNC3=O)nc1. The number of benzene rings is 1. The zero-order valence-electron chi connectivity index (χ0n) is 11.1. The van der Waals surface area contributed by atoms with Crippen molar-refractivity contribution in [2.24, 2.45) is 0 Å². The van der Waals surface area contributed by atoms with Crippen LogP contribution in [0.25, 0.3) is 0 Å². The molecule has 1 aliphatic rings. The second-order valence-electron chi connectivity index (χ2n) is 4.48. The third-order valence-corrected chi connectivity index (χ3v) is 3.18. The largest absolute Gasteiger partial charge is 0.495 e. The molecule has 0 atom stereocenters. The first kappa shape index (κ1) is 12.5. The van der Waals surface area contributed by atoms with Crippen LogP contribution >= 0.6 is 0 Å². The van der Waals surface area contributed by atoms with Crippen molar-refractivity contribution < 1.29 is 14.3 Å². The number of hydrogen-bond donors (Lipinski definition) is 1. The van der Waals surface area contributed by atoms with Crippen LogP contribution in [-0.2, 0) is 13.2 Å². The molecule has 1 aliphatic heterocycles. The van der Waals surface area contributed by atoms with E-state index < -0.39 is 0 Å². The lowest BCUT2D eigenvalue weighted by Crippen LogP contribution is -2.12. The van der Waals surface area contributed by atoms with Crippen molar-refractivity contribution in [1.29, 1.82) is 0 Å². The molecule has 0 spiro atoms. The summed E-state index contributed by atoms with van der Waals surface area (Å²) in [6, 6.07) is 9.17. The Morgan fingerprint density at radius 3 is 2.85 bits per heavy atom. The molecule has 3 rings (SSSR count). The third-order valence-electron chi connectivity index (χ3n) is 3.18. The second-order valence-corrected chi connectivity index (χ2v) is 4.48. The Kier molecular flexibility index (Phi) is 3.25. The summed E-state index contributed by atoms with van der Waals surface area (Å²) in [7, 11) is 1.60. The van der Waals surface area contributed by atoms with Gasteiger partial charge in [-0.05, 0) is 35.9 Å². The van der Waals surface area contributed by atoms with E-state index in [1.54, 1.807) is 25.4 Å². The van der Waals surface area contributed by atoms with Gasteiger partial charge in [0.2, 0.25) is 0 Å². The Labute approximate surface area is 116 Å². The number of methoxy groups -OCH3 is 1. The van der Waals surface area contributed by atoms with Crippen molar-refractivity contribution in [1.82, 2.24) is 10.3 Å². The quantitative estimate of drug-likeness (QED) is 0.922. The number of aromatic nitrogens is 1. The van der Waals surface area contributed by atoms with Crippen LogP contribution in [0.4, 0.5) is 0 Å². The number of amides is 1. The number of fused-ring (bicyclic) bond motifs is 1. The molecule has 2 heterocycles. The molecule has 102 valence electrons. The zero-order chi connectivity index (χ0) is 13.9. The normalized spacial score (nSPS) is 12.8. The number of rotatable bonds is 4. The van der Waals surface area contributed by atoms with Gasteiger partial charge >= 0.3 is 0 Å². The molecule has 1 aromatic heterocycles. The maximum Gasteiger partial charge on any atom is 0.251 e. The lowest BCUT2D eigenvalue weighted by molar-refractivity contribution is 0.0966. The average Bonchev–Trinajstić information content (AvgIpc) is 2.87. The molecule has 0 fully saturated rings. The topological polar surface area (TPSA) is 60.5 Å². The molecule has 0 aliphatic carbocycles. The van der Waals surface area contributed by atoms with E-state index in [4.69, 9.17) is 9.47 Å². The highest BCUT2D eigenvalue weighted by Crippen LogP contribution is 2.22. The minimum absolute atomic E-state index is 0.0247. The molecular weight excluding hydrogens is 256 g/mol. The fourth-order valence-corrected chi connectivity index (χ4v) is 2.07. The smallest absolute Gasteiger partial charge is 0.251 e. The first-order chi connectivity index (χ1) is 9.76. The highest BCUT2D eigenvalue weighted by molar-refractivity contribution is 5.98. The van der Waals surface area contributed by atoms with Gasteiger partial charge in [0.25, 0.3) is 5.91 Å². The van der Waals surface area contributed by atoms with Crippen molar-refractivity contribution in [3.63, 3.8) is 0 Å². The standard InChI is InChI=1S/C15H14N2O3/c1-19-13-3-2-11(16-8-13)9-20-12-4-5-14-10(6-12)7-17-15(14)18/h2-6,8H,7,9H2,1H3,(H,17,18). The van der Waals surface area contributed by atoms with E-state index in [9.17, 15) is 4.79 Å². The van der Waals surface area contributed by atoms with Crippen LogP contribution < -0.4 is 14.8 Å². The highest BCUT2D eigenvalue weighted by atomic mass is 16.5. The van der Waals surface area contributed by atoms with Crippen molar-refractivity contribution >= 4 is 5.91 Å². The van der Waals surface area contributed by atoms with E-state index in [2.05, 4.69) is 10.3 Å². The summed E-state index contributed by atoms with van der Waals surface area (Å²) in [4.78, 5) is 15.7. The zero-order valence-corrected chi connectivity index (χ0v) is 11.1. The molecule has 1 aromatic carbocycles. The Morgan fingerprint density at radius 1 is 1.25 bits per heavy atom. The summed E-state index contributed by atoms with van der Waals surface area (Å²) in [6.07, 6.45) is 1.66. The number of carbonyl (C=O) groups is 1. The van der Waals surface area contributed by atoms with Gasteiger partial charge in [-0.3, -0.25) is 9.78 Å². The molecule has 0 unspecified atom stereocenters. The van der Waals surface area contributed by atoms with Crippen LogP contribution in [0.3, 0.4) is 0 Å². The van der Waals surface area contributed by atoms with E-state index in [1.807, 2.05) is 18.2 Å². The number of nitrogens with one attached hydrogen (secondary N) is 1. The highest BCUT2D eigenvalue weighted by Gasteiger charge is 2.18. The summed E-state index contributed by atoms with van der Waals surface area (Å²) < 4.78 is 10.7. The predicted molar refractivity (Wildman–Crippen MR) is 72.7 cm³/mol. The number of carbonyl (C=O) groups excluding carboxylic acids is 1. The van der Waals surface area contributed by atoms with Crippen LogP contribution in [0.15, 0.2) is 36.5 Å². The summed E-state index contributed by atoms with van der Waals surface area (Å²) in [5.74, 6) is 1.43. The van der Waals surface area contributed by atoms with Gasteiger partial charge in [-0.15, -0.1) is 0 Å². The number of ether oxygens (including phenoxy) is 2. The molecule has 1 amide bonds. The van der Waals surface area contributed by atoms with Gasteiger partial charge in [0.05, 0.1) is 19.0 Å². The van der Waals surface area contributed by atoms with Crippen LogP contribution in [0, 0.1) is 0 Å². The molecule has 20 heavy (non-hydrogen) atoms. The number of nitrogens with zero attached hydrogens (tertiary/aromatic N) is 1. The molecule has 2 aromatic rings. The number of pyridine rings is 1. The fourth-order valence-electron chi connectivity index (χ4n) is 2.07. The van der Waals surface area contributed by atoms with E-state index in [0.29, 0.717) is 13.2 Å². The van der Waals surface area contributed by atoms with E-state index >= 15 is 0 Å². The molecule has 1 N–H and O–H groups in total. The molecule has 0 saturated carbocycles. The van der Waals surface area contributed by atoms with Gasteiger partial charge in [0.1, 0.15) is 18.1 Å². The lowest BCUT2D eigenvalue weighted by atomic mass is 10.1. The van der Waals surface area contributed by atoms with Crippen LogP contribution in [0.1, 0.15) is 21.6 Å². The van der Waals surface area contributed by atoms with Gasteiger partial charge in [0.15, 0.2) is 0 Å². The van der Waals surface area contributed by atoms with Crippen molar-refractivity contribution in [3.8, 4) is 11.5 Å². The van der Waals surface area contributed by atoms with Crippen molar-refractivity contribution in [3.05, 3.63) is 53.3 Å². The van der Waals surface area contributed by atoms with Gasteiger partial charge in [0, 0.05) is 12.1 Å². The van der Waals surface area contributed by atoms with Gasteiger partial charge < -0.3 is 14.8 Å².